The molecule has 1 nitrogen and oxygen atoms in total. The Kier molecular flexibility index (Phi) is 19.2. The van der Waals surface area contributed by atoms with E-state index in [1.807, 2.05) is 13.8 Å². The Morgan fingerprint density at radius 1 is 1.12 bits per heavy atom. The van der Waals surface area contributed by atoms with E-state index in [0.29, 0.717) is 0 Å². The fraction of sp³-hybridized carbons (Fsp3) is 0.786. The average Bonchev–Trinajstić information content (AvgIpc) is 2.24. The number of hydrogen-bond acceptors (Lipinski definition) is 2. The molecular formula is C14H28OS. The largest absolute Gasteiger partial charge is 0.487 e. The van der Waals surface area contributed by atoms with E-state index in [-0.39, 0.29) is 6.10 Å². The van der Waals surface area contributed by atoms with Gasteiger partial charge in [-0.1, -0.05) is 44.8 Å². The van der Waals surface area contributed by atoms with Crippen LogP contribution in [0, 0.1) is 0 Å². The summed E-state index contributed by atoms with van der Waals surface area (Å²) in [7, 11) is 0. The number of ether oxygens (including phenoxy) is 1. The molecule has 0 amide bonds. The van der Waals surface area contributed by atoms with Crippen LogP contribution in [0.5, 0.6) is 0 Å². The Morgan fingerprint density at radius 2 is 1.75 bits per heavy atom. The van der Waals surface area contributed by atoms with E-state index in [2.05, 4.69) is 38.2 Å². The molecule has 0 N–H and O–H groups in total. The Morgan fingerprint density at radius 3 is 2.12 bits per heavy atom. The first-order chi connectivity index (χ1) is 7.68. The number of rotatable bonds is 8. The zero-order valence-electron chi connectivity index (χ0n) is 11.4. The topological polar surface area (TPSA) is 9.23 Å². The zero-order valence-corrected chi connectivity index (χ0v) is 12.2. The first kappa shape index (κ1) is 18.0. The molecule has 0 spiro atoms. The lowest BCUT2D eigenvalue weighted by atomic mass is 10.1. The molecule has 0 aliphatic heterocycles. The Hall–Kier alpha value is -0.370. The summed E-state index contributed by atoms with van der Waals surface area (Å²) >= 11 is 4.38. The molecule has 16 heavy (non-hydrogen) atoms. The van der Waals surface area contributed by atoms with Gasteiger partial charge in [0.1, 0.15) is 5.55 Å². The third-order valence-electron chi connectivity index (χ3n) is 2.04. The summed E-state index contributed by atoms with van der Waals surface area (Å²) in [6.07, 6.45) is 12.9. The molecule has 0 bridgehead atoms. The van der Waals surface area contributed by atoms with Gasteiger partial charge in [0.05, 0.1) is 6.10 Å². The third-order valence-corrected chi connectivity index (χ3v) is 2.15. The fourth-order valence-corrected chi connectivity index (χ4v) is 1.37. The molecule has 0 aromatic carbocycles. The monoisotopic (exact) mass is 244 g/mol. The quantitative estimate of drug-likeness (QED) is 0.326. The van der Waals surface area contributed by atoms with Crippen molar-refractivity contribution in [3.63, 3.8) is 0 Å². The van der Waals surface area contributed by atoms with Gasteiger partial charge in [0, 0.05) is 0 Å². The molecule has 0 fully saturated rings. The van der Waals surface area contributed by atoms with Crippen molar-refractivity contribution in [2.75, 3.05) is 0 Å². The van der Waals surface area contributed by atoms with Crippen LogP contribution in [-0.4, -0.2) is 11.7 Å². The van der Waals surface area contributed by atoms with Gasteiger partial charge in [-0.3, -0.25) is 0 Å². The summed E-state index contributed by atoms with van der Waals surface area (Å²) in [5.41, 5.74) is 1.28. The summed E-state index contributed by atoms with van der Waals surface area (Å²) in [5, 5.41) is 0. The summed E-state index contributed by atoms with van der Waals surface area (Å²) in [6.45, 7) is 8.21. The highest BCUT2D eigenvalue weighted by atomic mass is 32.1. The van der Waals surface area contributed by atoms with Gasteiger partial charge in [-0.2, -0.15) is 0 Å². The van der Waals surface area contributed by atoms with Crippen LogP contribution >= 0.6 is 12.2 Å². The first-order valence-corrected chi connectivity index (χ1v) is 6.86. The van der Waals surface area contributed by atoms with Crippen molar-refractivity contribution in [2.24, 2.45) is 0 Å². The average molecular weight is 244 g/mol. The molecule has 0 aliphatic carbocycles. The highest BCUT2D eigenvalue weighted by Gasteiger charge is 1.85. The van der Waals surface area contributed by atoms with Crippen LogP contribution in [-0.2, 0) is 4.74 Å². The van der Waals surface area contributed by atoms with Gasteiger partial charge in [-0.25, -0.2) is 0 Å². The van der Waals surface area contributed by atoms with Crippen molar-refractivity contribution in [1.82, 2.24) is 0 Å². The Balaban J connectivity index is 0. The molecule has 0 radical (unpaired) electrons. The maximum Gasteiger partial charge on any atom is 0.146 e. The Bertz CT molecular complexity index is 153. The van der Waals surface area contributed by atoms with Crippen LogP contribution in [0.15, 0.2) is 12.2 Å². The zero-order chi connectivity index (χ0) is 12.6. The molecule has 0 saturated heterocycles. The van der Waals surface area contributed by atoms with E-state index >= 15 is 0 Å². The normalized spacial score (nSPS) is 10.1. The van der Waals surface area contributed by atoms with Crippen molar-refractivity contribution in [3.8, 4) is 0 Å². The standard InChI is InChI=1S/C10H20.C4H8OS/c1-3-5-7-9-10-8-6-4-2;1-4(2)5-3-6/h3,5H,4,6-10H2,1-2H3;3-4H,1-2H3. The number of allylic oxidation sites excluding steroid dienone is 2. The van der Waals surface area contributed by atoms with Crippen LogP contribution in [0.2, 0.25) is 0 Å². The van der Waals surface area contributed by atoms with Gasteiger partial charge in [0.25, 0.3) is 0 Å². The highest BCUT2D eigenvalue weighted by molar-refractivity contribution is 7.78. The third kappa shape index (κ3) is 23.4. The van der Waals surface area contributed by atoms with E-state index < -0.39 is 0 Å². The molecule has 0 saturated carbocycles. The molecular weight excluding hydrogens is 216 g/mol. The second-order valence-corrected chi connectivity index (χ2v) is 4.25. The molecule has 0 heterocycles. The summed E-state index contributed by atoms with van der Waals surface area (Å²) in [5.74, 6) is 0. The second kappa shape index (κ2) is 17.0. The molecule has 0 aromatic heterocycles. The fourth-order valence-electron chi connectivity index (χ4n) is 1.14. The van der Waals surface area contributed by atoms with Crippen molar-refractivity contribution in [1.29, 1.82) is 0 Å². The summed E-state index contributed by atoms with van der Waals surface area (Å²) in [4.78, 5) is 0. The number of hydrogen-bond donors (Lipinski definition) is 0. The molecule has 2 heteroatoms. The van der Waals surface area contributed by atoms with Crippen LogP contribution in [0.3, 0.4) is 0 Å². The molecule has 96 valence electrons. The van der Waals surface area contributed by atoms with E-state index in [0.717, 1.165) is 0 Å². The van der Waals surface area contributed by atoms with E-state index in [1.165, 1.54) is 44.1 Å². The van der Waals surface area contributed by atoms with E-state index in [1.54, 1.807) is 0 Å². The van der Waals surface area contributed by atoms with Gasteiger partial charge < -0.3 is 4.74 Å². The van der Waals surface area contributed by atoms with Crippen LogP contribution in [0.4, 0.5) is 0 Å². The Labute approximate surface area is 107 Å². The lowest BCUT2D eigenvalue weighted by Gasteiger charge is -1.98. The van der Waals surface area contributed by atoms with Crippen LogP contribution < -0.4 is 0 Å². The summed E-state index contributed by atoms with van der Waals surface area (Å²) in [6, 6.07) is 0. The molecule has 0 aliphatic rings. The van der Waals surface area contributed by atoms with Gasteiger partial charge in [-0.15, -0.1) is 0 Å². The predicted octanol–water partition coefficient (Wildman–Crippen LogP) is 5.29. The molecule has 0 unspecified atom stereocenters. The van der Waals surface area contributed by atoms with Gasteiger partial charge in [0.2, 0.25) is 0 Å². The van der Waals surface area contributed by atoms with Crippen molar-refractivity contribution >= 4 is 17.8 Å². The number of thiocarbonyl (C=S) groups is 1. The van der Waals surface area contributed by atoms with Gasteiger partial charge in [0.15, 0.2) is 0 Å². The van der Waals surface area contributed by atoms with E-state index in [4.69, 9.17) is 4.74 Å². The summed E-state index contributed by atoms with van der Waals surface area (Å²) < 4.78 is 4.73. The molecule has 0 aromatic rings. The van der Waals surface area contributed by atoms with Crippen LogP contribution in [0.25, 0.3) is 0 Å². The van der Waals surface area contributed by atoms with Crippen molar-refractivity contribution < 1.29 is 4.74 Å². The lowest BCUT2D eigenvalue weighted by Crippen LogP contribution is -1.97. The van der Waals surface area contributed by atoms with Crippen molar-refractivity contribution in [3.05, 3.63) is 12.2 Å². The maximum atomic E-state index is 4.73. The number of unbranched alkanes of at least 4 members (excludes halogenated alkanes) is 5. The minimum absolute atomic E-state index is 0.238. The SMILES string of the molecule is CC(C)OC=S.CC=CCCCCCCC. The predicted molar refractivity (Wildman–Crippen MR) is 78.1 cm³/mol. The maximum absolute atomic E-state index is 4.73. The molecule has 0 atom stereocenters. The smallest absolute Gasteiger partial charge is 0.146 e. The minimum atomic E-state index is 0.238. The van der Waals surface area contributed by atoms with Gasteiger partial charge in [-0.05, 0) is 45.8 Å². The van der Waals surface area contributed by atoms with Crippen LogP contribution in [0.1, 0.15) is 66.2 Å². The van der Waals surface area contributed by atoms with Gasteiger partial charge >= 0.3 is 0 Å². The van der Waals surface area contributed by atoms with E-state index in [9.17, 15) is 0 Å². The minimum Gasteiger partial charge on any atom is -0.487 e. The second-order valence-electron chi connectivity index (χ2n) is 4.05. The first-order valence-electron chi connectivity index (χ1n) is 6.39. The highest BCUT2D eigenvalue weighted by Crippen LogP contribution is 2.04. The lowest BCUT2D eigenvalue weighted by molar-refractivity contribution is 0.247. The molecule has 0 rings (SSSR count). The van der Waals surface area contributed by atoms with Crippen molar-refractivity contribution in [2.45, 2.75) is 72.3 Å².